The second-order valence-corrected chi connectivity index (χ2v) is 4.46. The van der Waals surface area contributed by atoms with Gasteiger partial charge in [0.25, 0.3) is 0 Å². The molecule has 2 unspecified atom stereocenters. The minimum atomic E-state index is -0.965. The monoisotopic (exact) mass is 228 g/mol. The van der Waals surface area contributed by atoms with E-state index in [4.69, 9.17) is 5.26 Å². The third-order valence-electron chi connectivity index (χ3n) is 3.20. The van der Waals surface area contributed by atoms with Crippen LogP contribution in [0, 0.1) is 22.7 Å². The molecule has 4 heteroatoms. The van der Waals surface area contributed by atoms with E-state index in [0.717, 1.165) is 5.56 Å². The van der Waals surface area contributed by atoms with Crippen molar-refractivity contribution in [2.24, 2.45) is 11.3 Å². The fraction of sp³-hybridized carbons (Fsp3) is 0.308. The lowest BCUT2D eigenvalue weighted by Gasteiger charge is -2.22. The van der Waals surface area contributed by atoms with Gasteiger partial charge in [-0.3, -0.25) is 14.9 Å². The molecule has 0 aromatic heterocycles. The van der Waals surface area contributed by atoms with Gasteiger partial charge in [-0.2, -0.15) is 5.26 Å². The average Bonchev–Trinajstić information content (AvgIpc) is 2.50. The fourth-order valence-electron chi connectivity index (χ4n) is 2.15. The highest BCUT2D eigenvalue weighted by molar-refractivity contribution is 6.08. The van der Waals surface area contributed by atoms with E-state index in [2.05, 4.69) is 5.32 Å². The van der Waals surface area contributed by atoms with Crippen LogP contribution in [0.15, 0.2) is 30.3 Å². The zero-order valence-electron chi connectivity index (χ0n) is 9.43. The Bertz CT molecular complexity index is 504. The maximum Gasteiger partial charge on any atom is 0.245 e. The van der Waals surface area contributed by atoms with Crippen LogP contribution < -0.4 is 5.32 Å². The van der Waals surface area contributed by atoms with Crippen molar-refractivity contribution in [1.29, 1.82) is 5.26 Å². The van der Waals surface area contributed by atoms with Crippen LogP contribution in [-0.4, -0.2) is 11.8 Å². The predicted octanol–water partition coefficient (Wildman–Crippen LogP) is 1.03. The second kappa shape index (κ2) is 4.02. The summed E-state index contributed by atoms with van der Waals surface area (Å²) in [7, 11) is 0. The van der Waals surface area contributed by atoms with Gasteiger partial charge in [0.05, 0.1) is 11.5 Å². The number of nitriles is 1. The van der Waals surface area contributed by atoms with Crippen molar-refractivity contribution in [1.82, 2.24) is 5.32 Å². The van der Waals surface area contributed by atoms with Crippen molar-refractivity contribution in [3.05, 3.63) is 35.9 Å². The maximum atomic E-state index is 11.8. The lowest BCUT2D eigenvalue weighted by molar-refractivity contribution is -0.128. The number of benzene rings is 1. The number of rotatable bonds is 2. The standard InChI is InChI=1S/C13H12N2O2/c1-13(7-9-5-3-2-4-6-9)10(8-14)11(16)15-12(13)17/h2-6,10H,7H2,1H3,(H,15,16,17). The maximum absolute atomic E-state index is 11.8. The van der Waals surface area contributed by atoms with Gasteiger partial charge in [-0.05, 0) is 18.9 Å². The highest BCUT2D eigenvalue weighted by Crippen LogP contribution is 2.36. The van der Waals surface area contributed by atoms with Crippen molar-refractivity contribution in [3.8, 4) is 6.07 Å². The lowest BCUT2D eigenvalue weighted by atomic mass is 9.75. The van der Waals surface area contributed by atoms with E-state index in [-0.39, 0.29) is 5.91 Å². The van der Waals surface area contributed by atoms with E-state index in [9.17, 15) is 9.59 Å². The van der Waals surface area contributed by atoms with Gasteiger partial charge >= 0.3 is 0 Å². The molecule has 2 atom stereocenters. The van der Waals surface area contributed by atoms with E-state index in [1.807, 2.05) is 36.4 Å². The predicted molar refractivity (Wildman–Crippen MR) is 60.5 cm³/mol. The molecule has 2 rings (SSSR count). The molecule has 0 bridgehead atoms. The van der Waals surface area contributed by atoms with Gasteiger partial charge in [0.15, 0.2) is 0 Å². The molecule has 2 amide bonds. The van der Waals surface area contributed by atoms with Crippen LogP contribution in [0.4, 0.5) is 0 Å². The summed E-state index contributed by atoms with van der Waals surface area (Å²) in [5.41, 5.74) is -0.0206. The number of imide groups is 1. The summed E-state index contributed by atoms with van der Waals surface area (Å²) < 4.78 is 0. The summed E-state index contributed by atoms with van der Waals surface area (Å²) in [6, 6.07) is 11.3. The number of carbonyl (C=O) groups is 2. The highest BCUT2D eigenvalue weighted by Gasteiger charge is 2.52. The second-order valence-electron chi connectivity index (χ2n) is 4.46. The van der Waals surface area contributed by atoms with E-state index in [1.54, 1.807) is 6.92 Å². The summed E-state index contributed by atoms with van der Waals surface area (Å²) in [4.78, 5) is 23.3. The lowest BCUT2D eigenvalue weighted by Crippen LogP contribution is -2.33. The van der Waals surface area contributed by atoms with Gasteiger partial charge in [-0.25, -0.2) is 0 Å². The van der Waals surface area contributed by atoms with Crippen LogP contribution >= 0.6 is 0 Å². The van der Waals surface area contributed by atoms with Crippen molar-refractivity contribution in [2.75, 3.05) is 0 Å². The Hall–Kier alpha value is -2.15. The molecular weight excluding hydrogens is 216 g/mol. The Morgan fingerprint density at radius 3 is 2.59 bits per heavy atom. The van der Waals surface area contributed by atoms with Crippen LogP contribution in [0.1, 0.15) is 12.5 Å². The molecular formula is C13H12N2O2. The van der Waals surface area contributed by atoms with Gasteiger partial charge < -0.3 is 0 Å². The molecule has 0 radical (unpaired) electrons. The van der Waals surface area contributed by atoms with E-state index >= 15 is 0 Å². The SMILES string of the molecule is CC1(Cc2ccccc2)C(=O)NC(=O)C1C#N. The number of amides is 2. The summed E-state index contributed by atoms with van der Waals surface area (Å²) in [6.45, 7) is 1.66. The van der Waals surface area contributed by atoms with Crippen molar-refractivity contribution in [3.63, 3.8) is 0 Å². The first-order chi connectivity index (χ1) is 8.08. The molecule has 1 aromatic rings. The quantitative estimate of drug-likeness (QED) is 0.768. The zero-order chi connectivity index (χ0) is 12.5. The van der Waals surface area contributed by atoms with Crippen LogP contribution in [0.3, 0.4) is 0 Å². The third kappa shape index (κ3) is 1.80. The first-order valence-electron chi connectivity index (χ1n) is 5.37. The van der Waals surface area contributed by atoms with Gasteiger partial charge in [-0.15, -0.1) is 0 Å². The summed E-state index contributed by atoms with van der Waals surface area (Å²) in [5.74, 6) is -1.76. The minimum Gasteiger partial charge on any atom is -0.295 e. The molecule has 1 aliphatic rings. The summed E-state index contributed by atoms with van der Waals surface area (Å²) >= 11 is 0. The molecule has 1 fully saturated rings. The molecule has 86 valence electrons. The summed E-state index contributed by atoms with van der Waals surface area (Å²) in [5, 5.41) is 11.2. The molecule has 17 heavy (non-hydrogen) atoms. The molecule has 0 aliphatic carbocycles. The molecule has 4 nitrogen and oxygen atoms in total. The Morgan fingerprint density at radius 2 is 2.00 bits per heavy atom. The average molecular weight is 228 g/mol. The first-order valence-corrected chi connectivity index (χ1v) is 5.37. The van der Waals surface area contributed by atoms with Gasteiger partial charge in [-0.1, -0.05) is 30.3 Å². The molecule has 1 saturated heterocycles. The molecule has 0 spiro atoms. The fourth-order valence-corrected chi connectivity index (χ4v) is 2.15. The van der Waals surface area contributed by atoms with Crippen molar-refractivity contribution >= 4 is 11.8 Å². The van der Waals surface area contributed by atoms with Gasteiger partial charge in [0, 0.05) is 0 Å². The molecule has 1 N–H and O–H groups in total. The smallest absolute Gasteiger partial charge is 0.245 e. The van der Waals surface area contributed by atoms with Gasteiger partial charge in [0.2, 0.25) is 11.8 Å². The largest absolute Gasteiger partial charge is 0.295 e. The Morgan fingerprint density at radius 1 is 1.35 bits per heavy atom. The molecule has 1 heterocycles. The number of carbonyl (C=O) groups excluding carboxylic acids is 2. The van der Waals surface area contributed by atoms with Crippen LogP contribution in [-0.2, 0) is 16.0 Å². The minimum absolute atomic E-state index is 0.363. The van der Waals surface area contributed by atoms with Gasteiger partial charge in [0.1, 0.15) is 5.92 Å². The number of nitrogens with zero attached hydrogens (tertiary/aromatic N) is 1. The Balaban J connectivity index is 2.33. The topological polar surface area (TPSA) is 70.0 Å². The van der Waals surface area contributed by atoms with E-state index in [1.165, 1.54) is 0 Å². The highest BCUT2D eigenvalue weighted by atomic mass is 16.2. The summed E-state index contributed by atoms with van der Waals surface area (Å²) in [6.07, 6.45) is 0.393. The van der Waals surface area contributed by atoms with Crippen molar-refractivity contribution < 1.29 is 9.59 Å². The molecule has 0 saturated carbocycles. The Labute approximate surface area is 99.2 Å². The Kier molecular flexibility index (Phi) is 2.68. The number of hydrogen-bond acceptors (Lipinski definition) is 3. The van der Waals surface area contributed by atoms with Crippen LogP contribution in [0.5, 0.6) is 0 Å². The van der Waals surface area contributed by atoms with Crippen LogP contribution in [0.2, 0.25) is 0 Å². The molecule has 1 aliphatic heterocycles. The normalized spacial score (nSPS) is 27.6. The van der Waals surface area contributed by atoms with Crippen LogP contribution in [0.25, 0.3) is 0 Å². The molecule has 1 aromatic carbocycles. The number of hydrogen-bond donors (Lipinski definition) is 1. The number of nitrogens with one attached hydrogen (secondary N) is 1. The van der Waals surface area contributed by atoms with E-state index in [0.29, 0.717) is 6.42 Å². The van der Waals surface area contributed by atoms with E-state index < -0.39 is 17.2 Å². The first kappa shape index (κ1) is 11.3. The zero-order valence-corrected chi connectivity index (χ0v) is 9.43. The third-order valence-corrected chi connectivity index (χ3v) is 3.20. The van der Waals surface area contributed by atoms with Crippen molar-refractivity contribution in [2.45, 2.75) is 13.3 Å².